The predicted molar refractivity (Wildman–Crippen MR) is 71.1 cm³/mol. The molecule has 0 aliphatic heterocycles. The Morgan fingerprint density at radius 1 is 1.53 bits per heavy atom. The zero-order valence-electron chi connectivity index (χ0n) is 11.1. The summed E-state index contributed by atoms with van der Waals surface area (Å²) in [5.41, 5.74) is 0. The fourth-order valence-corrected chi connectivity index (χ4v) is 1.60. The van der Waals surface area contributed by atoms with E-state index in [2.05, 4.69) is 34.3 Å². The zero-order valence-corrected chi connectivity index (χ0v) is 11.1. The predicted octanol–water partition coefficient (Wildman–Crippen LogP) is 1.19. The molecule has 0 amide bonds. The van der Waals surface area contributed by atoms with Gasteiger partial charge in [0.25, 0.3) is 0 Å². The number of hydrogen-bond donors (Lipinski definition) is 1. The second-order valence-electron chi connectivity index (χ2n) is 4.02. The SMILES string of the molecule is CCCCN(C)C(=NC)NCCn1cccn1. The average Bonchev–Trinajstić information content (AvgIpc) is 2.84. The van der Waals surface area contributed by atoms with Crippen LogP contribution in [0.2, 0.25) is 0 Å². The van der Waals surface area contributed by atoms with Gasteiger partial charge in [-0.15, -0.1) is 0 Å². The van der Waals surface area contributed by atoms with Crippen LogP contribution >= 0.6 is 0 Å². The van der Waals surface area contributed by atoms with Gasteiger partial charge in [0, 0.05) is 39.6 Å². The Hall–Kier alpha value is -1.52. The summed E-state index contributed by atoms with van der Waals surface area (Å²) in [4.78, 5) is 6.42. The molecule has 0 saturated carbocycles. The highest BCUT2D eigenvalue weighted by molar-refractivity contribution is 5.79. The summed E-state index contributed by atoms with van der Waals surface area (Å²) in [6, 6.07) is 1.93. The molecular weight excluding hydrogens is 214 g/mol. The molecule has 0 atom stereocenters. The fraction of sp³-hybridized carbons (Fsp3) is 0.667. The van der Waals surface area contributed by atoms with Crippen LogP contribution in [0.25, 0.3) is 0 Å². The lowest BCUT2D eigenvalue weighted by Gasteiger charge is -2.21. The minimum atomic E-state index is 0.838. The van der Waals surface area contributed by atoms with E-state index in [0.717, 1.165) is 25.6 Å². The van der Waals surface area contributed by atoms with E-state index in [4.69, 9.17) is 0 Å². The lowest BCUT2D eigenvalue weighted by molar-refractivity contribution is 0.460. The molecule has 1 aromatic heterocycles. The number of nitrogens with zero attached hydrogens (tertiary/aromatic N) is 4. The summed E-state index contributed by atoms with van der Waals surface area (Å²) >= 11 is 0. The Morgan fingerprint density at radius 3 is 2.94 bits per heavy atom. The van der Waals surface area contributed by atoms with Crippen molar-refractivity contribution in [1.29, 1.82) is 0 Å². The Morgan fingerprint density at radius 2 is 2.35 bits per heavy atom. The molecular formula is C12H23N5. The van der Waals surface area contributed by atoms with Gasteiger partial charge < -0.3 is 10.2 Å². The largest absolute Gasteiger partial charge is 0.354 e. The topological polar surface area (TPSA) is 45.5 Å². The van der Waals surface area contributed by atoms with Crippen molar-refractivity contribution in [3.05, 3.63) is 18.5 Å². The van der Waals surface area contributed by atoms with Crippen molar-refractivity contribution in [3.63, 3.8) is 0 Å². The number of aromatic nitrogens is 2. The molecule has 5 nitrogen and oxygen atoms in total. The molecule has 0 aromatic carbocycles. The molecule has 1 N–H and O–H groups in total. The maximum atomic E-state index is 4.26. The Balaban J connectivity index is 2.27. The Kier molecular flexibility index (Phi) is 6.14. The van der Waals surface area contributed by atoms with Crippen LogP contribution in [-0.2, 0) is 6.54 Å². The van der Waals surface area contributed by atoms with Gasteiger partial charge in [0.05, 0.1) is 6.54 Å². The maximum absolute atomic E-state index is 4.26. The summed E-state index contributed by atoms with van der Waals surface area (Å²) in [5, 5.41) is 7.49. The fourth-order valence-electron chi connectivity index (χ4n) is 1.60. The smallest absolute Gasteiger partial charge is 0.193 e. The van der Waals surface area contributed by atoms with Crippen LogP contribution in [0, 0.1) is 0 Å². The van der Waals surface area contributed by atoms with E-state index in [1.54, 1.807) is 6.20 Å². The van der Waals surface area contributed by atoms with Crippen LogP contribution in [0.15, 0.2) is 23.5 Å². The van der Waals surface area contributed by atoms with E-state index in [1.807, 2.05) is 24.0 Å². The molecule has 5 heteroatoms. The van der Waals surface area contributed by atoms with E-state index < -0.39 is 0 Å². The standard InChI is InChI=1S/C12H23N5/c1-4-5-9-16(3)12(13-2)14-8-11-17-10-6-7-15-17/h6-7,10H,4-5,8-9,11H2,1-3H3,(H,13,14). The van der Waals surface area contributed by atoms with Gasteiger partial charge in [-0.2, -0.15) is 5.10 Å². The summed E-state index contributed by atoms with van der Waals surface area (Å²) in [6.07, 6.45) is 6.15. The molecule has 1 aromatic rings. The van der Waals surface area contributed by atoms with E-state index in [0.29, 0.717) is 0 Å². The van der Waals surface area contributed by atoms with Crippen molar-refractivity contribution >= 4 is 5.96 Å². The van der Waals surface area contributed by atoms with E-state index in [1.165, 1.54) is 12.8 Å². The Labute approximate surface area is 104 Å². The van der Waals surface area contributed by atoms with Crippen LogP contribution in [0.4, 0.5) is 0 Å². The van der Waals surface area contributed by atoms with Gasteiger partial charge in [-0.3, -0.25) is 9.67 Å². The first-order chi connectivity index (χ1) is 8.27. The number of nitrogens with one attached hydrogen (secondary N) is 1. The first-order valence-corrected chi connectivity index (χ1v) is 6.17. The second-order valence-corrected chi connectivity index (χ2v) is 4.02. The van der Waals surface area contributed by atoms with Gasteiger partial charge in [-0.1, -0.05) is 13.3 Å². The number of aliphatic imine (C=N–C) groups is 1. The molecule has 0 fully saturated rings. The summed E-state index contributed by atoms with van der Waals surface area (Å²) in [5.74, 6) is 0.950. The second kappa shape index (κ2) is 7.70. The van der Waals surface area contributed by atoms with Gasteiger partial charge in [0.2, 0.25) is 0 Å². The summed E-state index contributed by atoms with van der Waals surface area (Å²) in [7, 11) is 3.89. The monoisotopic (exact) mass is 237 g/mol. The normalized spacial score (nSPS) is 11.6. The summed E-state index contributed by atoms with van der Waals surface area (Å²) < 4.78 is 1.91. The maximum Gasteiger partial charge on any atom is 0.193 e. The molecule has 96 valence electrons. The molecule has 1 heterocycles. The third kappa shape index (κ3) is 4.89. The Bertz CT molecular complexity index is 318. The summed E-state index contributed by atoms with van der Waals surface area (Å²) in [6.45, 7) is 4.93. The van der Waals surface area contributed by atoms with Crippen molar-refractivity contribution in [1.82, 2.24) is 20.0 Å². The third-order valence-corrected chi connectivity index (χ3v) is 2.60. The molecule has 0 saturated heterocycles. The molecule has 1 rings (SSSR count). The average molecular weight is 237 g/mol. The molecule has 0 bridgehead atoms. The number of rotatable bonds is 6. The highest BCUT2D eigenvalue weighted by Crippen LogP contribution is 1.92. The van der Waals surface area contributed by atoms with Crippen LogP contribution in [0.3, 0.4) is 0 Å². The first-order valence-electron chi connectivity index (χ1n) is 6.17. The minimum absolute atomic E-state index is 0.838. The third-order valence-electron chi connectivity index (χ3n) is 2.60. The van der Waals surface area contributed by atoms with Crippen molar-refractivity contribution in [2.45, 2.75) is 26.3 Å². The van der Waals surface area contributed by atoms with Gasteiger partial charge in [-0.25, -0.2) is 0 Å². The quantitative estimate of drug-likeness (QED) is 0.597. The van der Waals surface area contributed by atoms with Crippen molar-refractivity contribution in [3.8, 4) is 0 Å². The minimum Gasteiger partial charge on any atom is -0.354 e. The number of hydrogen-bond acceptors (Lipinski definition) is 2. The van der Waals surface area contributed by atoms with Gasteiger partial charge in [0.1, 0.15) is 0 Å². The molecule has 0 aliphatic carbocycles. The van der Waals surface area contributed by atoms with E-state index in [-0.39, 0.29) is 0 Å². The molecule has 0 radical (unpaired) electrons. The lowest BCUT2D eigenvalue weighted by Crippen LogP contribution is -2.40. The van der Waals surface area contributed by atoms with Crippen molar-refractivity contribution in [2.75, 3.05) is 27.2 Å². The van der Waals surface area contributed by atoms with Crippen LogP contribution in [-0.4, -0.2) is 47.8 Å². The zero-order chi connectivity index (χ0) is 12.5. The molecule has 0 spiro atoms. The van der Waals surface area contributed by atoms with Crippen molar-refractivity contribution in [2.24, 2.45) is 4.99 Å². The van der Waals surface area contributed by atoms with Gasteiger partial charge >= 0.3 is 0 Å². The number of unbranched alkanes of at least 4 members (excludes halogenated alkanes) is 1. The molecule has 0 unspecified atom stereocenters. The van der Waals surface area contributed by atoms with Gasteiger partial charge in [-0.05, 0) is 12.5 Å². The van der Waals surface area contributed by atoms with E-state index in [9.17, 15) is 0 Å². The highest BCUT2D eigenvalue weighted by atomic mass is 15.3. The van der Waals surface area contributed by atoms with Crippen LogP contribution in [0.5, 0.6) is 0 Å². The molecule has 17 heavy (non-hydrogen) atoms. The van der Waals surface area contributed by atoms with Gasteiger partial charge in [0.15, 0.2) is 5.96 Å². The molecule has 0 aliphatic rings. The van der Waals surface area contributed by atoms with E-state index >= 15 is 0 Å². The highest BCUT2D eigenvalue weighted by Gasteiger charge is 2.03. The van der Waals surface area contributed by atoms with Crippen LogP contribution in [0.1, 0.15) is 19.8 Å². The first kappa shape index (κ1) is 13.5. The number of guanidine groups is 1. The van der Waals surface area contributed by atoms with Crippen LogP contribution < -0.4 is 5.32 Å². The lowest BCUT2D eigenvalue weighted by atomic mass is 10.3. The van der Waals surface area contributed by atoms with Crippen molar-refractivity contribution < 1.29 is 0 Å².